The number of nitrogens with zero attached hydrogens (tertiary/aromatic N) is 3. The molecule has 30 heavy (non-hydrogen) atoms. The predicted octanol–water partition coefficient (Wildman–Crippen LogP) is 4.51. The molecule has 1 heterocycles. The number of ether oxygens (including phenoxy) is 2. The van der Waals surface area contributed by atoms with Gasteiger partial charge in [-0.2, -0.15) is 9.90 Å². The summed E-state index contributed by atoms with van der Waals surface area (Å²) < 4.78 is 9.88. The van der Waals surface area contributed by atoms with Crippen molar-refractivity contribution in [2.75, 3.05) is 14.2 Å². The van der Waals surface area contributed by atoms with Crippen molar-refractivity contribution >= 4 is 12.0 Å². The van der Waals surface area contributed by atoms with E-state index < -0.39 is 0 Å². The van der Waals surface area contributed by atoms with Crippen LogP contribution in [0.25, 0.3) is 11.8 Å². The maximum Gasteiger partial charge on any atom is 0.312 e. The van der Waals surface area contributed by atoms with E-state index in [1.807, 2.05) is 68.5 Å². The maximum absolute atomic E-state index is 11.1. The van der Waals surface area contributed by atoms with E-state index in [4.69, 9.17) is 4.74 Å². The van der Waals surface area contributed by atoms with Crippen LogP contribution in [-0.4, -0.2) is 35.2 Å². The second-order valence-corrected chi connectivity index (χ2v) is 7.07. The Kier molecular flexibility index (Phi) is 7.01. The highest BCUT2D eigenvalue weighted by molar-refractivity contribution is 5.77. The van der Waals surface area contributed by atoms with Gasteiger partial charge in [-0.15, -0.1) is 5.10 Å². The van der Waals surface area contributed by atoms with Gasteiger partial charge in [-0.3, -0.25) is 4.79 Å². The first-order valence-electron chi connectivity index (χ1n) is 9.94. The lowest BCUT2D eigenvalue weighted by atomic mass is 10.0. The predicted molar refractivity (Wildman–Crippen MR) is 117 cm³/mol. The highest BCUT2D eigenvalue weighted by Crippen LogP contribution is 2.22. The van der Waals surface area contributed by atoms with E-state index in [2.05, 4.69) is 21.0 Å². The van der Waals surface area contributed by atoms with Crippen LogP contribution in [-0.2, 0) is 16.0 Å². The third-order valence-corrected chi connectivity index (χ3v) is 5.02. The van der Waals surface area contributed by atoms with Crippen molar-refractivity contribution < 1.29 is 14.3 Å². The van der Waals surface area contributed by atoms with Crippen LogP contribution in [0.15, 0.2) is 54.6 Å². The van der Waals surface area contributed by atoms with E-state index in [-0.39, 0.29) is 11.9 Å². The largest absolute Gasteiger partial charge is 0.497 e. The van der Waals surface area contributed by atoms with Gasteiger partial charge in [-0.1, -0.05) is 42.5 Å². The lowest BCUT2D eigenvalue weighted by Crippen LogP contribution is -2.10. The number of carbonyl (C=O) groups is 1. The van der Waals surface area contributed by atoms with Crippen LogP contribution < -0.4 is 4.74 Å². The van der Waals surface area contributed by atoms with Gasteiger partial charge < -0.3 is 9.47 Å². The van der Waals surface area contributed by atoms with Crippen LogP contribution in [0.5, 0.6) is 5.75 Å². The van der Waals surface area contributed by atoms with E-state index in [0.29, 0.717) is 0 Å². The van der Waals surface area contributed by atoms with E-state index in [0.717, 1.165) is 46.8 Å². The summed E-state index contributed by atoms with van der Waals surface area (Å²) in [5.41, 5.74) is 5.14. The maximum atomic E-state index is 11.1. The molecule has 4 rings (SSSR count). The smallest absolute Gasteiger partial charge is 0.312 e. The van der Waals surface area contributed by atoms with Crippen molar-refractivity contribution in [1.29, 1.82) is 0 Å². The lowest BCUT2D eigenvalue weighted by Gasteiger charge is -2.08. The van der Waals surface area contributed by atoms with Crippen LogP contribution in [0, 0.1) is 6.92 Å². The molecule has 1 atom stereocenters. The molecule has 0 saturated carbocycles. The van der Waals surface area contributed by atoms with Gasteiger partial charge in [0.15, 0.2) is 0 Å². The summed E-state index contributed by atoms with van der Waals surface area (Å²) in [6.07, 6.45) is 6.19. The summed E-state index contributed by atoms with van der Waals surface area (Å²) in [6, 6.07) is 15.5. The van der Waals surface area contributed by atoms with Gasteiger partial charge in [0, 0.05) is 6.07 Å². The van der Waals surface area contributed by atoms with E-state index in [1.165, 1.54) is 7.11 Å². The van der Waals surface area contributed by atoms with Gasteiger partial charge in [0.05, 0.1) is 31.5 Å². The second kappa shape index (κ2) is 9.87. The lowest BCUT2D eigenvalue weighted by molar-refractivity contribution is -0.141. The summed E-state index contributed by atoms with van der Waals surface area (Å²) in [5, 5.41) is 9.08. The van der Waals surface area contributed by atoms with Gasteiger partial charge in [-0.05, 0) is 50.0 Å². The van der Waals surface area contributed by atoms with E-state index in [9.17, 15) is 4.79 Å². The number of hydrogen-bond donors (Lipinski definition) is 0. The fourth-order valence-electron chi connectivity index (χ4n) is 3.16. The summed E-state index contributed by atoms with van der Waals surface area (Å²) >= 11 is 0. The van der Waals surface area contributed by atoms with E-state index >= 15 is 0 Å². The Morgan fingerprint density at radius 1 is 1.10 bits per heavy atom. The molecule has 0 aliphatic heterocycles. The first-order chi connectivity index (χ1) is 14.5. The molecule has 0 fully saturated rings. The second-order valence-electron chi connectivity index (χ2n) is 7.07. The topological polar surface area (TPSA) is 66.2 Å². The number of aromatic nitrogens is 3. The molecule has 0 saturated heterocycles. The number of carbonyl (C=O) groups excluding carboxylic acids is 1. The molecular weight excluding hydrogens is 378 g/mol. The summed E-state index contributed by atoms with van der Waals surface area (Å²) in [5.74, 6) is 0.457. The number of rotatable bonds is 4. The number of fused-ring (bicyclic) bond motifs is 1. The van der Waals surface area contributed by atoms with Crippen LogP contribution in [0.1, 0.15) is 41.8 Å². The van der Waals surface area contributed by atoms with Gasteiger partial charge in [0.1, 0.15) is 11.4 Å². The molecule has 0 spiro atoms. The quantitative estimate of drug-likeness (QED) is 0.598. The highest BCUT2D eigenvalue weighted by atomic mass is 16.5. The van der Waals surface area contributed by atoms with Crippen molar-refractivity contribution in [2.24, 2.45) is 0 Å². The molecule has 1 aliphatic rings. The van der Waals surface area contributed by atoms with Gasteiger partial charge in [0.25, 0.3) is 0 Å². The average Bonchev–Trinajstić information content (AvgIpc) is 3.23. The zero-order valence-electron chi connectivity index (χ0n) is 17.8. The van der Waals surface area contributed by atoms with Gasteiger partial charge in [-0.25, -0.2) is 0 Å². The molecule has 1 unspecified atom stereocenters. The van der Waals surface area contributed by atoms with Crippen molar-refractivity contribution in [3.05, 3.63) is 77.1 Å². The van der Waals surface area contributed by atoms with Gasteiger partial charge >= 0.3 is 5.97 Å². The minimum Gasteiger partial charge on any atom is -0.497 e. The number of allylic oxidation sites excluding steroid dienone is 1. The van der Waals surface area contributed by atoms with Crippen LogP contribution >= 0.6 is 0 Å². The molecule has 0 N–H and O–H groups in total. The Hall–Kier alpha value is -3.41. The average molecular weight is 405 g/mol. The third kappa shape index (κ3) is 4.95. The number of methoxy groups -OCH3 is 2. The number of esters is 1. The van der Waals surface area contributed by atoms with Crippen molar-refractivity contribution in [1.82, 2.24) is 15.0 Å². The zero-order chi connectivity index (χ0) is 21.5. The number of benzene rings is 2. The van der Waals surface area contributed by atoms with Crippen LogP contribution in [0.2, 0.25) is 0 Å². The Labute approximate surface area is 177 Å². The Morgan fingerprint density at radius 3 is 2.53 bits per heavy atom. The Balaban J connectivity index is 0.000000187. The third-order valence-electron chi connectivity index (χ3n) is 5.02. The van der Waals surface area contributed by atoms with Crippen molar-refractivity contribution in [3.8, 4) is 11.4 Å². The molecule has 0 amide bonds. The fraction of sp³-hybridized carbons (Fsp3) is 0.292. The molecule has 3 aromatic rings. The first kappa shape index (κ1) is 21.3. The van der Waals surface area contributed by atoms with Crippen LogP contribution in [0.3, 0.4) is 0 Å². The van der Waals surface area contributed by atoms with E-state index in [1.54, 1.807) is 11.9 Å². The normalized spacial score (nSPS) is 12.9. The first-order valence-corrected chi connectivity index (χ1v) is 9.94. The SMILES string of the molecule is COC(=O)C(C)c1ccccc1.COc1ccc(C)c(-n2nc3c(n2)CCC=C3)c1. The number of hydrogen-bond acceptors (Lipinski definition) is 5. The summed E-state index contributed by atoms with van der Waals surface area (Å²) in [4.78, 5) is 12.8. The zero-order valence-corrected chi connectivity index (χ0v) is 17.8. The molecule has 0 bridgehead atoms. The Morgan fingerprint density at radius 2 is 1.87 bits per heavy atom. The van der Waals surface area contributed by atoms with Crippen LogP contribution in [0.4, 0.5) is 0 Å². The monoisotopic (exact) mass is 405 g/mol. The van der Waals surface area contributed by atoms with Gasteiger partial charge in [0.2, 0.25) is 0 Å². The molecule has 0 radical (unpaired) electrons. The van der Waals surface area contributed by atoms with Crippen molar-refractivity contribution in [3.63, 3.8) is 0 Å². The highest BCUT2D eigenvalue weighted by Gasteiger charge is 2.15. The molecular formula is C24H27N3O3. The minimum absolute atomic E-state index is 0.170. The molecule has 2 aromatic carbocycles. The molecule has 1 aliphatic carbocycles. The van der Waals surface area contributed by atoms with Crippen molar-refractivity contribution in [2.45, 2.75) is 32.6 Å². The summed E-state index contributed by atoms with van der Waals surface area (Å²) in [7, 11) is 3.07. The molecule has 6 heteroatoms. The summed E-state index contributed by atoms with van der Waals surface area (Å²) in [6.45, 7) is 3.88. The molecule has 156 valence electrons. The molecule has 1 aromatic heterocycles. The number of aryl methyl sites for hydroxylation is 2. The molecule has 6 nitrogen and oxygen atoms in total. The minimum atomic E-state index is -0.193. The standard InChI is InChI=1S/C14H15N3O.C10H12O2/c1-10-7-8-11(18-2)9-14(10)17-15-12-5-3-4-6-13(12)16-17;1-8(10(11)12-2)9-6-4-3-5-7-9/h3,5,7-9H,4,6H2,1-2H3;3-8H,1-2H3. The fourth-order valence-corrected chi connectivity index (χ4v) is 3.16. The Bertz CT molecular complexity index is 1030.